The molecule has 0 radical (unpaired) electrons. The number of hydrogen-bond donors (Lipinski definition) is 1. The molecule has 0 saturated carbocycles. The molecule has 122 valence electrons. The lowest BCUT2D eigenvalue weighted by molar-refractivity contribution is -0.137. The first-order chi connectivity index (χ1) is 11.0. The van der Waals surface area contributed by atoms with Crippen LogP contribution in [0.15, 0.2) is 48.8 Å². The molecule has 1 aliphatic heterocycles. The molecule has 0 bridgehead atoms. The summed E-state index contributed by atoms with van der Waals surface area (Å²) in [6, 6.07) is 9.54. The Labute approximate surface area is 133 Å². The van der Waals surface area contributed by atoms with Gasteiger partial charge in [-0.1, -0.05) is 18.2 Å². The Morgan fingerprint density at radius 2 is 1.96 bits per heavy atom. The van der Waals surface area contributed by atoms with E-state index in [1.165, 1.54) is 0 Å². The van der Waals surface area contributed by atoms with Gasteiger partial charge < -0.3 is 5.32 Å². The molecule has 3 nitrogen and oxygen atoms in total. The van der Waals surface area contributed by atoms with Crippen LogP contribution in [0.25, 0.3) is 0 Å². The predicted octanol–water partition coefficient (Wildman–Crippen LogP) is 3.25. The van der Waals surface area contributed by atoms with Gasteiger partial charge in [-0.3, -0.25) is 9.88 Å². The van der Waals surface area contributed by atoms with Crippen molar-refractivity contribution in [2.45, 2.75) is 18.8 Å². The second-order valence-corrected chi connectivity index (χ2v) is 5.67. The molecule has 2 aromatic rings. The average molecular weight is 321 g/mol. The van der Waals surface area contributed by atoms with Crippen molar-refractivity contribution in [3.8, 4) is 0 Å². The molecule has 1 aliphatic rings. The third kappa shape index (κ3) is 3.89. The van der Waals surface area contributed by atoms with E-state index in [0.29, 0.717) is 6.54 Å². The number of alkyl halides is 3. The van der Waals surface area contributed by atoms with Crippen molar-refractivity contribution in [2.24, 2.45) is 0 Å². The molecule has 1 aromatic carbocycles. The van der Waals surface area contributed by atoms with Crippen molar-refractivity contribution >= 4 is 0 Å². The maximum absolute atomic E-state index is 12.6. The van der Waals surface area contributed by atoms with E-state index in [0.717, 1.165) is 42.9 Å². The van der Waals surface area contributed by atoms with Gasteiger partial charge >= 0.3 is 6.18 Å². The monoisotopic (exact) mass is 321 g/mol. The Bertz CT molecular complexity index is 626. The largest absolute Gasteiger partial charge is 0.416 e. The number of pyridine rings is 1. The van der Waals surface area contributed by atoms with Crippen molar-refractivity contribution in [2.75, 3.05) is 19.6 Å². The molecule has 1 N–H and O–H groups in total. The smallest absolute Gasteiger partial charge is 0.314 e. The van der Waals surface area contributed by atoms with Crippen LogP contribution in [-0.4, -0.2) is 29.5 Å². The van der Waals surface area contributed by atoms with Gasteiger partial charge in [-0.15, -0.1) is 0 Å². The highest BCUT2D eigenvalue weighted by atomic mass is 19.4. The lowest BCUT2D eigenvalue weighted by Gasteiger charge is -2.36. The Balaban J connectivity index is 1.75. The fraction of sp³-hybridized carbons (Fsp3) is 0.353. The fourth-order valence-electron chi connectivity index (χ4n) is 2.87. The van der Waals surface area contributed by atoms with Gasteiger partial charge in [0, 0.05) is 44.6 Å². The molecule has 1 atom stereocenters. The molecule has 23 heavy (non-hydrogen) atoms. The molecular formula is C17H18F3N3. The molecule has 0 spiro atoms. The molecule has 0 amide bonds. The van der Waals surface area contributed by atoms with Gasteiger partial charge in [-0.05, 0) is 29.3 Å². The highest BCUT2D eigenvalue weighted by Crippen LogP contribution is 2.30. The Kier molecular flexibility index (Phi) is 4.63. The first kappa shape index (κ1) is 16.0. The highest BCUT2D eigenvalue weighted by Gasteiger charge is 2.30. The lowest BCUT2D eigenvalue weighted by Crippen LogP contribution is -2.45. The Hall–Kier alpha value is -1.92. The van der Waals surface area contributed by atoms with Gasteiger partial charge in [0.2, 0.25) is 0 Å². The van der Waals surface area contributed by atoms with Crippen molar-refractivity contribution in [3.05, 3.63) is 65.5 Å². The van der Waals surface area contributed by atoms with Crippen LogP contribution in [0, 0.1) is 0 Å². The minimum absolute atomic E-state index is 0.180. The third-order valence-electron chi connectivity index (χ3n) is 4.09. The van der Waals surface area contributed by atoms with E-state index in [2.05, 4.69) is 15.2 Å². The van der Waals surface area contributed by atoms with Gasteiger partial charge in [0.25, 0.3) is 0 Å². The quantitative estimate of drug-likeness (QED) is 0.941. The second kappa shape index (κ2) is 6.68. The molecule has 6 heteroatoms. The average Bonchev–Trinajstić information content (AvgIpc) is 2.56. The topological polar surface area (TPSA) is 28.2 Å². The molecule has 1 aromatic heterocycles. The summed E-state index contributed by atoms with van der Waals surface area (Å²) in [6.45, 7) is 3.16. The third-order valence-corrected chi connectivity index (χ3v) is 4.09. The maximum atomic E-state index is 12.6. The standard InChI is InChI=1S/C17H18F3N3/c18-17(19,20)15-5-3-13(4-6-15)12-23-9-8-22-11-16(23)14-2-1-7-21-10-14/h1-7,10,16,22H,8-9,11-12H2. The number of hydrogen-bond acceptors (Lipinski definition) is 3. The number of rotatable bonds is 3. The number of nitrogens with one attached hydrogen (secondary N) is 1. The fourth-order valence-corrected chi connectivity index (χ4v) is 2.87. The van der Waals surface area contributed by atoms with Crippen molar-refractivity contribution in [1.82, 2.24) is 15.2 Å². The zero-order chi connectivity index (χ0) is 16.3. The summed E-state index contributed by atoms with van der Waals surface area (Å²) in [6.07, 6.45) is -0.705. The molecule has 2 heterocycles. The summed E-state index contributed by atoms with van der Waals surface area (Å²) in [7, 11) is 0. The summed E-state index contributed by atoms with van der Waals surface area (Å²) in [5, 5.41) is 3.36. The molecular weight excluding hydrogens is 303 g/mol. The van der Waals surface area contributed by atoms with Crippen LogP contribution in [0.2, 0.25) is 0 Å². The molecule has 1 saturated heterocycles. The number of halogens is 3. The van der Waals surface area contributed by atoms with Gasteiger partial charge in [0.15, 0.2) is 0 Å². The van der Waals surface area contributed by atoms with Crippen LogP contribution in [0.5, 0.6) is 0 Å². The minimum Gasteiger partial charge on any atom is -0.314 e. The molecule has 0 aliphatic carbocycles. The summed E-state index contributed by atoms with van der Waals surface area (Å²) >= 11 is 0. The van der Waals surface area contributed by atoms with Crippen LogP contribution in [-0.2, 0) is 12.7 Å². The van der Waals surface area contributed by atoms with E-state index < -0.39 is 11.7 Å². The number of aromatic nitrogens is 1. The van der Waals surface area contributed by atoms with Crippen LogP contribution in [0.3, 0.4) is 0 Å². The number of piperazine rings is 1. The minimum atomic E-state index is -4.29. The van der Waals surface area contributed by atoms with Crippen LogP contribution >= 0.6 is 0 Å². The maximum Gasteiger partial charge on any atom is 0.416 e. The van der Waals surface area contributed by atoms with Crippen LogP contribution in [0.1, 0.15) is 22.7 Å². The second-order valence-electron chi connectivity index (χ2n) is 5.67. The molecule has 1 fully saturated rings. The molecule has 3 rings (SSSR count). The van der Waals surface area contributed by atoms with Gasteiger partial charge in [0.05, 0.1) is 5.56 Å². The van der Waals surface area contributed by atoms with Crippen LogP contribution in [0.4, 0.5) is 13.2 Å². The van der Waals surface area contributed by atoms with E-state index in [1.807, 2.05) is 18.3 Å². The Morgan fingerprint density at radius 3 is 2.61 bits per heavy atom. The van der Waals surface area contributed by atoms with Crippen molar-refractivity contribution < 1.29 is 13.2 Å². The first-order valence-electron chi connectivity index (χ1n) is 7.55. The molecule has 1 unspecified atom stereocenters. The van der Waals surface area contributed by atoms with E-state index in [4.69, 9.17) is 0 Å². The van der Waals surface area contributed by atoms with Gasteiger partial charge in [-0.2, -0.15) is 13.2 Å². The number of benzene rings is 1. The van der Waals surface area contributed by atoms with E-state index >= 15 is 0 Å². The van der Waals surface area contributed by atoms with Crippen molar-refractivity contribution in [3.63, 3.8) is 0 Å². The van der Waals surface area contributed by atoms with E-state index in [1.54, 1.807) is 18.3 Å². The SMILES string of the molecule is FC(F)(F)c1ccc(CN2CCNCC2c2cccnc2)cc1. The normalized spacial score (nSPS) is 19.7. The number of nitrogens with zero attached hydrogens (tertiary/aromatic N) is 2. The summed E-state index contributed by atoms with van der Waals surface area (Å²) in [5.41, 5.74) is 1.39. The summed E-state index contributed by atoms with van der Waals surface area (Å²) in [5.74, 6) is 0. The zero-order valence-electron chi connectivity index (χ0n) is 12.6. The summed E-state index contributed by atoms with van der Waals surface area (Å²) in [4.78, 5) is 6.43. The summed E-state index contributed by atoms with van der Waals surface area (Å²) < 4.78 is 37.9. The zero-order valence-corrected chi connectivity index (χ0v) is 12.6. The first-order valence-corrected chi connectivity index (χ1v) is 7.55. The highest BCUT2D eigenvalue weighted by molar-refractivity contribution is 5.25. The van der Waals surface area contributed by atoms with Gasteiger partial charge in [-0.25, -0.2) is 0 Å². The van der Waals surface area contributed by atoms with Gasteiger partial charge in [0.1, 0.15) is 0 Å². The van der Waals surface area contributed by atoms with Crippen molar-refractivity contribution in [1.29, 1.82) is 0 Å². The van der Waals surface area contributed by atoms with E-state index in [-0.39, 0.29) is 6.04 Å². The Morgan fingerprint density at radius 1 is 1.17 bits per heavy atom. The van der Waals surface area contributed by atoms with E-state index in [9.17, 15) is 13.2 Å². The lowest BCUT2D eigenvalue weighted by atomic mass is 10.0. The predicted molar refractivity (Wildman–Crippen MR) is 81.7 cm³/mol. The van der Waals surface area contributed by atoms with Crippen LogP contribution < -0.4 is 5.32 Å².